The standard InChI is InChI=1S/C8H11N3O3S/c1-3-4-11(2)15(13,14)8-7(6-12)5-9-10-8/h1,5,12H,4,6H2,2H3,(H,9,10). The van der Waals surface area contributed by atoms with Crippen LogP contribution in [-0.2, 0) is 16.6 Å². The summed E-state index contributed by atoms with van der Waals surface area (Å²) in [7, 11) is -2.33. The number of rotatable bonds is 4. The predicted octanol–water partition coefficient (Wildman–Crippen LogP) is -0.844. The van der Waals surface area contributed by atoms with Gasteiger partial charge in [-0.1, -0.05) is 5.92 Å². The molecule has 7 heteroatoms. The van der Waals surface area contributed by atoms with Crippen molar-refractivity contribution in [2.45, 2.75) is 11.6 Å². The average molecular weight is 229 g/mol. The summed E-state index contributed by atoms with van der Waals surface area (Å²) in [5.74, 6) is 2.22. The number of terminal acetylenes is 1. The van der Waals surface area contributed by atoms with Crippen LogP contribution < -0.4 is 0 Å². The highest BCUT2D eigenvalue weighted by atomic mass is 32.2. The molecule has 0 atom stereocenters. The summed E-state index contributed by atoms with van der Waals surface area (Å²) >= 11 is 0. The third-order valence-corrected chi connectivity index (χ3v) is 3.65. The lowest BCUT2D eigenvalue weighted by Gasteiger charge is -2.13. The van der Waals surface area contributed by atoms with Crippen LogP contribution in [0.25, 0.3) is 0 Å². The van der Waals surface area contributed by atoms with Crippen LogP contribution in [0.3, 0.4) is 0 Å². The Kier molecular flexibility index (Phi) is 3.47. The molecule has 0 unspecified atom stereocenters. The molecular formula is C8H11N3O3S. The maximum Gasteiger partial charge on any atom is 0.260 e. The van der Waals surface area contributed by atoms with Gasteiger partial charge in [0.2, 0.25) is 0 Å². The number of H-pyrrole nitrogens is 1. The summed E-state index contributed by atoms with van der Waals surface area (Å²) in [6.07, 6.45) is 6.28. The number of hydrogen-bond acceptors (Lipinski definition) is 4. The molecule has 2 N–H and O–H groups in total. The lowest BCUT2D eigenvalue weighted by molar-refractivity contribution is 0.278. The highest BCUT2D eigenvalue weighted by molar-refractivity contribution is 7.89. The number of nitrogens with one attached hydrogen (secondary N) is 1. The van der Waals surface area contributed by atoms with Crippen molar-refractivity contribution in [3.63, 3.8) is 0 Å². The van der Waals surface area contributed by atoms with Gasteiger partial charge in [0.05, 0.1) is 19.3 Å². The van der Waals surface area contributed by atoms with E-state index in [1.807, 2.05) is 0 Å². The first-order valence-electron chi connectivity index (χ1n) is 4.07. The second-order valence-corrected chi connectivity index (χ2v) is 4.83. The van der Waals surface area contributed by atoms with Crippen LogP contribution in [0, 0.1) is 12.3 Å². The molecule has 0 aromatic carbocycles. The van der Waals surface area contributed by atoms with Gasteiger partial charge in [-0.2, -0.15) is 9.40 Å². The van der Waals surface area contributed by atoms with E-state index < -0.39 is 16.6 Å². The molecule has 0 fully saturated rings. The van der Waals surface area contributed by atoms with Crippen molar-refractivity contribution in [1.29, 1.82) is 0 Å². The highest BCUT2D eigenvalue weighted by Gasteiger charge is 2.24. The number of sulfonamides is 1. The molecule has 1 aromatic heterocycles. The Bertz CT molecular complexity index is 472. The Morgan fingerprint density at radius 3 is 2.93 bits per heavy atom. The molecule has 82 valence electrons. The predicted molar refractivity (Wildman–Crippen MR) is 53.2 cm³/mol. The zero-order chi connectivity index (χ0) is 11.5. The van der Waals surface area contributed by atoms with Gasteiger partial charge in [-0.05, 0) is 0 Å². The summed E-state index contributed by atoms with van der Waals surface area (Å²) in [5, 5.41) is 14.7. The molecule has 1 rings (SSSR count). The van der Waals surface area contributed by atoms with Crippen molar-refractivity contribution < 1.29 is 13.5 Å². The van der Waals surface area contributed by atoms with Crippen LogP contribution in [0.5, 0.6) is 0 Å². The Morgan fingerprint density at radius 2 is 2.40 bits per heavy atom. The molecule has 1 aromatic rings. The molecule has 0 aliphatic rings. The highest BCUT2D eigenvalue weighted by Crippen LogP contribution is 2.15. The normalized spacial score (nSPS) is 11.6. The van der Waals surface area contributed by atoms with E-state index in [0.29, 0.717) is 0 Å². The van der Waals surface area contributed by atoms with Crippen LogP contribution in [0.2, 0.25) is 0 Å². The van der Waals surface area contributed by atoms with Crippen LogP contribution in [0.1, 0.15) is 5.56 Å². The van der Waals surface area contributed by atoms with E-state index in [1.54, 1.807) is 0 Å². The van der Waals surface area contributed by atoms with E-state index in [2.05, 4.69) is 16.1 Å². The summed E-state index contributed by atoms with van der Waals surface area (Å²) < 4.78 is 24.6. The van der Waals surface area contributed by atoms with Gasteiger partial charge in [0, 0.05) is 12.6 Å². The third-order valence-electron chi connectivity index (χ3n) is 1.83. The van der Waals surface area contributed by atoms with Gasteiger partial charge in [0.25, 0.3) is 10.0 Å². The molecule has 0 saturated carbocycles. The van der Waals surface area contributed by atoms with Crippen LogP contribution in [-0.4, -0.2) is 41.6 Å². The molecule has 0 radical (unpaired) electrons. The minimum Gasteiger partial charge on any atom is -0.392 e. The second-order valence-electron chi connectivity index (χ2n) is 2.85. The van der Waals surface area contributed by atoms with Gasteiger partial charge in [0.15, 0.2) is 5.03 Å². The average Bonchev–Trinajstić information content (AvgIpc) is 2.66. The van der Waals surface area contributed by atoms with E-state index >= 15 is 0 Å². The van der Waals surface area contributed by atoms with Crippen LogP contribution in [0.4, 0.5) is 0 Å². The van der Waals surface area contributed by atoms with E-state index in [0.717, 1.165) is 4.31 Å². The first-order valence-corrected chi connectivity index (χ1v) is 5.51. The van der Waals surface area contributed by atoms with E-state index in [4.69, 9.17) is 11.5 Å². The summed E-state index contributed by atoms with van der Waals surface area (Å²) in [5.41, 5.74) is 0.221. The quantitative estimate of drug-likeness (QED) is 0.659. The molecule has 0 aliphatic heterocycles. The molecule has 15 heavy (non-hydrogen) atoms. The Labute approximate surface area is 88.0 Å². The van der Waals surface area contributed by atoms with Gasteiger partial charge >= 0.3 is 0 Å². The van der Waals surface area contributed by atoms with Crippen molar-refractivity contribution in [2.75, 3.05) is 13.6 Å². The molecule has 0 bridgehead atoms. The molecule has 0 amide bonds. The maximum atomic E-state index is 11.8. The van der Waals surface area contributed by atoms with Gasteiger partial charge in [-0.15, -0.1) is 6.42 Å². The zero-order valence-electron chi connectivity index (χ0n) is 8.14. The zero-order valence-corrected chi connectivity index (χ0v) is 8.95. The fourth-order valence-electron chi connectivity index (χ4n) is 1.00. The van der Waals surface area contributed by atoms with Crippen LogP contribution >= 0.6 is 0 Å². The van der Waals surface area contributed by atoms with Crippen LogP contribution in [0.15, 0.2) is 11.2 Å². The molecule has 0 spiro atoms. The first-order chi connectivity index (χ1) is 7.04. The molecule has 0 saturated heterocycles. The smallest absolute Gasteiger partial charge is 0.260 e. The lowest BCUT2D eigenvalue weighted by atomic mass is 10.4. The van der Waals surface area contributed by atoms with Crippen molar-refractivity contribution in [1.82, 2.24) is 14.5 Å². The fraction of sp³-hybridized carbons (Fsp3) is 0.375. The minimum atomic E-state index is -3.69. The molecule has 6 nitrogen and oxygen atoms in total. The maximum absolute atomic E-state index is 11.8. The second kappa shape index (κ2) is 4.44. The van der Waals surface area contributed by atoms with Crippen molar-refractivity contribution in [2.24, 2.45) is 0 Å². The summed E-state index contributed by atoms with van der Waals surface area (Å²) in [6.45, 7) is -0.429. The number of hydrogen-bond donors (Lipinski definition) is 2. The number of aliphatic hydroxyl groups excluding tert-OH is 1. The number of nitrogens with zero attached hydrogens (tertiary/aromatic N) is 2. The Morgan fingerprint density at radius 1 is 1.73 bits per heavy atom. The van der Waals surface area contributed by atoms with E-state index in [1.165, 1.54) is 13.2 Å². The Hall–Kier alpha value is -1.36. The molecular weight excluding hydrogens is 218 g/mol. The molecule has 1 heterocycles. The van der Waals surface area contributed by atoms with E-state index in [9.17, 15) is 8.42 Å². The minimum absolute atomic E-state index is 0.0355. The summed E-state index contributed by atoms with van der Waals surface area (Å²) in [4.78, 5) is 0. The largest absolute Gasteiger partial charge is 0.392 e. The number of aromatic nitrogens is 2. The van der Waals surface area contributed by atoms with Crippen molar-refractivity contribution in [3.8, 4) is 12.3 Å². The van der Waals surface area contributed by atoms with E-state index in [-0.39, 0.29) is 17.1 Å². The lowest BCUT2D eigenvalue weighted by Crippen LogP contribution is -2.28. The van der Waals surface area contributed by atoms with Gasteiger partial charge in [-0.25, -0.2) is 8.42 Å². The molecule has 0 aliphatic carbocycles. The van der Waals surface area contributed by atoms with Crippen molar-refractivity contribution >= 4 is 10.0 Å². The SMILES string of the molecule is C#CCN(C)S(=O)(=O)c1[nH]ncc1CO. The Balaban J connectivity index is 3.12. The summed E-state index contributed by atoms with van der Waals surface area (Å²) in [6, 6.07) is 0. The van der Waals surface area contributed by atoms with Crippen molar-refractivity contribution in [3.05, 3.63) is 11.8 Å². The fourth-order valence-corrected chi connectivity index (χ4v) is 2.18. The van der Waals surface area contributed by atoms with Gasteiger partial charge in [-0.3, -0.25) is 5.10 Å². The number of aliphatic hydroxyl groups is 1. The first kappa shape index (κ1) is 11.7. The van der Waals surface area contributed by atoms with Gasteiger partial charge < -0.3 is 5.11 Å². The van der Waals surface area contributed by atoms with Gasteiger partial charge in [0.1, 0.15) is 0 Å². The number of aromatic amines is 1. The topological polar surface area (TPSA) is 86.3 Å². The third kappa shape index (κ3) is 2.18. The monoisotopic (exact) mass is 229 g/mol.